The highest BCUT2D eigenvalue weighted by Gasteiger charge is 2.06. The number of hydrazine groups is 1. The summed E-state index contributed by atoms with van der Waals surface area (Å²) in [5.74, 6) is 5.46. The van der Waals surface area contributed by atoms with E-state index in [9.17, 15) is 4.79 Å². The molecule has 1 aromatic carbocycles. The highest BCUT2D eigenvalue weighted by molar-refractivity contribution is 5.93. The molecule has 0 saturated carbocycles. The van der Waals surface area contributed by atoms with Gasteiger partial charge in [-0.15, -0.1) is 0 Å². The summed E-state index contributed by atoms with van der Waals surface area (Å²) in [6.45, 7) is 5.82. The van der Waals surface area contributed by atoms with Crippen LogP contribution < -0.4 is 11.3 Å². The quantitative estimate of drug-likeness (QED) is 0.414. The van der Waals surface area contributed by atoms with Gasteiger partial charge in [0, 0.05) is 12.2 Å². The number of nitrogens with one attached hydrogen (secondary N) is 1. The Kier molecular flexibility index (Phi) is 7.92. The van der Waals surface area contributed by atoms with Gasteiger partial charge in [0.25, 0.3) is 5.91 Å². The number of amides is 1. The second-order valence-electron chi connectivity index (χ2n) is 5.10. The van der Waals surface area contributed by atoms with Crippen LogP contribution in [0.5, 0.6) is 0 Å². The predicted octanol–water partition coefficient (Wildman–Crippen LogP) is 3.02. The van der Waals surface area contributed by atoms with Crippen LogP contribution in [0.15, 0.2) is 24.3 Å². The average Bonchev–Trinajstić information content (AvgIpc) is 2.50. The van der Waals surface area contributed by atoms with E-state index in [1.54, 1.807) is 12.1 Å². The van der Waals surface area contributed by atoms with E-state index in [2.05, 4.69) is 19.3 Å². The van der Waals surface area contributed by atoms with Gasteiger partial charge in [0.15, 0.2) is 0 Å². The van der Waals surface area contributed by atoms with E-state index in [0.29, 0.717) is 18.1 Å². The summed E-state index contributed by atoms with van der Waals surface area (Å²) in [5.41, 5.74) is 3.75. The molecule has 0 heterocycles. The topological polar surface area (TPSA) is 64.3 Å². The molecule has 1 atom stereocenters. The molecule has 1 unspecified atom stereocenters. The summed E-state index contributed by atoms with van der Waals surface area (Å²) in [7, 11) is 0. The second-order valence-corrected chi connectivity index (χ2v) is 5.10. The zero-order valence-electron chi connectivity index (χ0n) is 12.5. The molecule has 20 heavy (non-hydrogen) atoms. The normalized spacial score (nSPS) is 12.2. The van der Waals surface area contributed by atoms with Crippen LogP contribution in [-0.4, -0.2) is 12.5 Å². The Bertz CT molecular complexity index is 390. The molecule has 0 aliphatic rings. The smallest absolute Gasteiger partial charge is 0.265 e. The van der Waals surface area contributed by atoms with E-state index < -0.39 is 0 Å². The third-order valence-electron chi connectivity index (χ3n) is 3.51. The summed E-state index contributed by atoms with van der Waals surface area (Å²) in [6.07, 6.45) is 4.91. The molecule has 0 radical (unpaired) electrons. The van der Waals surface area contributed by atoms with Gasteiger partial charge in [-0.05, 0) is 30.0 Å². The molecule has 0 aliphatic heterocycles. The van der Waals surface area contributed by atoms with Crippen molar-refractivity contribution >= 4 is 5.91 Å². The number of hydrogen-bond acceptors (Lipinski definition) is 3. The first-order valence-electron chi connectivity index (χ1n) is 7.38. The van der Waals surface area contributed by atoms with Crippen molar-refractivity contribution in [1.29, 1.82) is 0 Å². The van der Waals surface area contributed by atoms with Crippen LogP contribution >= 0.6 is 0 Å². The van der Waals surface area contributed by atoms with E-state index in [1.807, 2.05) is 12.1 Å². The number of rotatable bonds is 9. The predicted molar refractivity (Wildman–Crippen MR) is 81.1 cm³/mol. The van der Waals surface area contributed by atoms with Crippen molar-refractivity contribution < 1.29 is 9.53 Å². The minimum Gasteiger partial charge on any atom is -0.376 e. The third kappa shape index (κ3) is 5.72. The van der Waals surface area contributed by atoms with Crippen molar-refractivity contribution in [2.24, 2.45) is 11.8 Å². The van der Waals surface area contributed by atoms with Crippen LogP contribution in [0.2, 0.25) is 0 Å². The Morgan fingerprint density at radius 1 is 1.30 bits per heavy atom. The molecule has 0 saturated heterocycles. The Labute approximate surface area is 121 Å². The highest BCUT2D eigenvalue weighted by atomic mass is 16.5. The number of nitrogen functional groups attached to an aromatic ring is 1. The zero-order chi connectivity index (χ0) is 14.8. The van der Waals surface area contributed by atoms with E-state index >= 15 is 0 Å². The van der Waals surface area contributed by atoms with Crippen LogP contribution in [0.25, 0.3) is 0 Å². The highest BCUT2D eigenvalue weighted by Crippen LogP contribution is 2.14. The second kappa shape index (κ2) is 9.50. The molecule has 1 aromatic rings. The lowest BCUT2D eigenvalue weighted by atomic mass is 10.0. The zero-order valence-corrected chi connectivity index (χ0v) is 12.5. The van der Waals surface area contributed by atoms with E-state index in [0.717, 1.165) is 18.6 Å². The molecule has 4 heteroatoms. The molecular formula is C16H26N2O2. The minimum absolute atomic E-state index is 0.275. The van der Waals surface area contributed by atoms with Gasteiger partial charge >= 0.3 is 0 Å². The van der Waals surface area contributed by atoms with Gasteiger partial charge in [0.05, 0.1) is 6.61 Å². The van der Waals surface area contributed by atoms with E-state index in [1.165, 1.54) is 19.3 Å². The lowest BCUT2D eigenvalue weighted by Crippen LogP contribution is -2.29. The lowest BCUT2D eigenvalue weighted by Gasteiger charge is -2.14. The Hall–Kier alpha value is -1.39. The average molecular weight is 278 g/mol. The molecule has 0 aliphatic carbocycles. The fourth-order valence-electron chi connectivity index (χ4n) is 2.08. The summed E-state index contributed by atoms with van der Waals surface area (Å²) in [4.78, 5) is 11.3. The summed E-state index contributed by atoms with van der Waals surface area (Å²) in [6, 6.07) is 7.32. The Morgan fingerprint density at radius 3 is 2.55 bits per heavy atom. The number of benzene rings is 1. The van der Waals surface area contributed by atoms with Gasteiger partial charge in [-0.1, -0.05) is 45.2 Å². The van der Waals surface area contributed by atoms with E-state index in [4.69, 9.17) is 10.6 Å². The van der Waals surface area contributed by atoms with Gasteiger partial charge in [0.1, 0.15) is 0 Å². The van der Waals surface area contributed by atoms with Crippen LogP contribution in [-0.2, 0) is 11.3 Å². The van der Waals surface area contributed by atoms with Crippen molar-refractivity contribution in [1.82, 2.24) is 5.43 Å². The number of ether oxygens (including phenoxy) is 1. The maximum absolute atomic E-state index is 11.3. The van der Waals surface area contributed by atoms with Gasteiger partial charge in [-0.25, -0.2) is 5.84 Å². The number of unbranched alkanes of at least 4 members (excludes halogenated alkanes) is 1. The number of carbonyl (C=O) groups is 1. The fraction of sp³-hybridized carbons (Fsp3) is 0.562. The summed E-state index contributed by atoms with van der Waals surface area (Å²) >= 11 is 0. The van der Waals surface area contributed by atoms with Crippen molar-refractivity contribution in [3.05, 3.63) is 35.4 Å². The number of carbonyl (C=O) groups excluding carboxylic acids is 1. The van der Waals surface area contributed by atoms with Crippen molar-refractivity contribution in [2.75, 3.05) is 6.61 Å². The lowest BCUT2D eigenvalue weighted by molar-refractivity contribution is 0.0819. The summed E-state index contributed by atoms with van der Waals surface area (Å²) in [5, 5.41) is 0. The SMILES string of the molecule is CCCCC(CC)COCc1ccc(C(=O)NN)cc1. The molecule has 0 fully saturated rings. The number of nitrogens with two attached hydrogens (primary N) is 1. The monoisotopic (exact) mass is 278 g/mol. The van der Waals surface area contributed by atoms with Gasteiger partial charge < -0.3 is 4.74 Å². The molecule has 0 spiro atoms. The standard InChI is InChI=1S/C16H26N2O2/c1-3-5-6-13(4-2)11-20-12-14-7-9-15(10-8-14)16(19)18-17/h7-10,13H,3-6,11-12,17H2,1-2H3,(H,18,19). The molecular weight excluding hydrogens is 252 g/mol. The molecule has 1 amide bonds. The molecule has 0 aromatic heterocycles. The first-order chi connectivity index (χ1) is 9.71. The minimum atomic E-state index is -0.275. The maximum atomic E-state index is 11.3. The molecule has 4 nitrogen and oxygen atoms in total. The summed E-state index contributed by atoms with van der Waals surface area (Å²) < 4.78 is 5.77. The van der Waals surface area contributed by atoms with Crippen LogP contribution in [0, 0.1) is 5.92 Å². The van der Waals surface area contributed by atoms with Crippen LogP contribution in [0.4, 0.5) is 0 Å². The fourth-order valence-corrected chi connectivity index (χ4v) is 2.08. The Balaban J connectivity index is 2.36. The molecule has 0 bridgehead atoms. The first kappa shape index (κ1) is 16.7. The van der Waals surface area contributed by atoms with E-state index in [-0.39, 0.29) is 5.91 Å². The van der Waals surface area contributed by atoms with Crippen molar-refractivity contribution in [3.8, 4) is 0 Å². The molecule has 3 N–H and O–H groups in total. The van der Waals surface area contributed by atoms with Crippen LogP contribution in [0.1, 0.15) is 55.5 Å². The van der Waals surface area contributed by atoms with Crippen LogP contribution in [0.3, 0.4) is 0 Å². The largest absolute Gasteiger partial charge is 0.376 e. The first-order valence-corrected chi connectivity index (χ1v) is 7.38. The molecule has 1 rings (SSSR count). The van der Waals surface area contributed by atoms with Gasteiger partial charge in [0.2, 0.25) is 0 Å². The Morgan fingerprint density at radius 2 is 2.00 bits per heavy atom. The third-order valence-corrected chi connectivity index (χ3v) is 3.51. The maximum Gasteiger partial charge on any atom is 0.265 e. The molecule has 112 valence electrons. The van der Waals surface area contributed by atoms with Gasteiger partial charge in [-0.3, -0.25) is 10.2 Å². The van der Waals surface area contributed by atoms with Crippen molar-refractivity contribution in [3.63, 3.8) is 0 Å². The van der Waals surface area contributed by atoms with Gasteiger partial charge in [-0.2, -0.15) is 0 Å². The number of hydrogen-bond donors (Lipinski definition) is 2. The van der Waals surface area contributed by atoms with Crippen molar-refractivity contribution in [2.45, 2.75) is 46.1 Å².